The fourth-order valence-electron chi connectivity index (χ4n) is 3.18. The van der Waals surface area contributed by atoms with Crippen molar-refractivity contribution in [3.63, 3.8) is 0 Å². The molecule has 1 aromatic heterocycles. The molecule has 4 heteroatoms. The Labute approximate surface area is 142 Å². The number of benzene rings is 1. The Morgan fingerprint density at radius 2 is 1.96 bits per heavy atom. The third-order valence-electron chi connectivity index (χ3n) is 4.45. The van der Waals surface area contributed by atoms with E-state index >= 15 is 0 Å². The average Bonchev–Trinajstić information content (AvgIpc) is 3.07. The molecule has 2 aromatic rings. The zero-order valence-electron chi connectivity index (χ0n) is 13.0. The third-order valence-corrected chi connectivity index (χ3v) is 4.71. The summed E-state index contributed by atoms with van der Waals surface area (Å²) >= 11 is 5.98. The van der Waals surface area contributed by atoms with Gasteiger partial charge >= 0.3 is 0 Å². The largest absolute Gasteiger partial charge is 0.353 e. The summed E-state index contributed by atoms with van der Waals surface area (Å²) in [7, 11) is 0. The second-order valence-electron chi connectivity index (χ2n) is 6.16. The number of hydrogen-bond donors (Lipinski definition) is 1. The molecule has 0 spiro atoms. The second kappa shape index (κ2) is 7.60. The third kappa shape index (κ3) is 4.32. The van der Waals surface area contributed by atoms with E-state index in [2.05, 4.69) is 10.3 Å². The highest BCUT2D eigenvalue weighted by atomic mass is 35.5. The van der Waals surface area contributed by atoms with Gasteiger partial charge in [0.15, 0.2) is 0 Å². The van der Waals surface area contributed by atoms with Gasteiger partial charge in [-0.15, -0.1) is 0 Å². The molecule has 0 saturated heterocycles. The first-order valence-corrected chi connectivity index (χ1v) is 8.55. The van der Waals surface area contributed by atoms with Crippen LogP contribution >= 0.6 is 11.6 Å². The van der Waals surface area contributed by atoms with Gasteiger partial charge in [-0.25, -0.2) is 0 Å². The van der Waals surface area contributed by atoms with E-state index in [4.69, 9.17) is 11.6 Å². The molecule has 1 amide bonds. The molecule has 120 valence electrons. The van der Waals surface area contributed by atoms with Gasteiger partial charge in [-0.3, -0.25) is 9.78 Å². The number of nitrogens with zero attached hydrogens (tertiary/aromatic N) is 1. The Morgan fingerprint density at radius 3 is 2.61 bits per heavy atom. The smallest absolute Gasteiger partial charge is 0.228 e. The Hall–Kier alpha value is -1.87. The van der Waals surface area contributed by atoms with Crippen molar-refractivity contribution in [3.8, 4) is 0 Å². The molecule has 1 fully saturated rings. The van der Waals surface area contributed by atoms with Gasteiger partial charge in [0, 0.05) is 23.5 Å². The van der Waals surface area contributed by atoms with Crippen molar-refractivity contribution in [1.82, 2.24) is 10.3 Å². The van der Waals surface area contributed by atoms with E-state index in [1.54, 1.807) is 6.20 Å². The van der Waals surface area contributed by atoms with Crippen LogP contribution in [-0.2, 0) is 11.2 Å². The number of hydrogen-bond acceptors (Lipinski definition) is 2. The first kappa shape index (κ1) is 16.0. The Balaban J connectivity index is 1.79. The number of amides is 1. The van der Waals surface area contributed by atoms with Gasteiger partial charge in [0.1, 0.15) is 0 Å². The summed E-state index contributed by atoms with van der Waals surface area (Å²) in [5.74, 6) is -0.111. The topological polar surface area (TPSA) is 42.0 Å². The van der Waals surface area contributed by atoms with Crippen molar-refractivity contribution in [1.29, 1.82) is 0 Å². The maximum Gasteiger partial charge on any atom is 0.228 e. The van der Waals surface area contributed by atoms with E-state index in [1.165, 1.54) is 12.8 Å². The fraction of sp³-hybridized carbons (Fsp3) is 0.368. The first-order chi connectivity index (χ1) is 11.2. The van der Waals surface area contributed by atoms with Crippen molar-refractivity contribution in [2.24, 2.45) is 0 Å². The van der Waals surface area contributed by atoms with Crippen molar-refractivity contribution < 1.29 is 4.79 Å². The number of carbonyl (C=O) groups is 1. The highest BCUT2D eigenvalue weighted by Crippen LogP contribution is 2.25. The molecule has 0 radical (unpaired) electrons. The lowest BCUT2D eigenvalue weighted by atomic mass is 9.91. The molecule has 1 atom stereocenters. The second-order valence-corrected chi connectivity index (χ2v) is 6.60. The molecule has 1 heterocycles. The van der Waals surface area contributed by atoms with Crippen molar-refractivity contribution in [3.05, 3.63) is 64.9 Å². The molecular formula is C19H21ClN2O. The minimum absolute atomic E-state index is 0.100. The summed E-state index contributed by atoms with van der Waals surface area (Å²) in [4.78, 5) is 17.0. The fourth-order valence-corrected chi connectivity index (χ4v) is 3.31. The highest BCUT2D eigenvalue weighted by molar-refractivity contribution is 6.30. The predicted molar refractivity (Wildman–Crippen MR) is 92.5 cm³/mol. The number of carbonyl (C=O) groups excluding carboxylic acids is 1. The van der Waals surface area contributed by atoms with E-state index in [0.717, 1.165) is 24.0 Å². The molecule has 3 nitrogen and oxygen atoms in total. The quantitative estimate of drug-likeness (QED) is 0.897. The summed E-state index contributed by atoms with van der Waals surface area (Å²) < 4.78 is 0. The van der Waals surface area contributed by atoms with E-state index in [1.807, 2.05) is 42.6 Å². The normalized spacial score (nSPS) is 16.2. The molecule has 1 aromatic carbocycles. The monoisotopic (exact) mass is 328 g/mol. The van der Waals surface area contributed by atoms with Crippen LogP contribution in [0.4, 0.5) is 0 Å². The van der Waals surface area contributed by atoms with Gasteiger partial charge in [-0.05, 0) is 48.6 Å². The van der Waals surface area contributed by atoms with Crippen molar-refractivity contribution in [2.75, 3.05) is 0 Å². The van der Waals surface area contributed by atoms with E-state index in [-0.39, 0.29) is 11.8 Å². The molecule has 1 aliphatic carbocycles. The summed E-state index contributed by atoms with van der Waals surface area (Å²) in [5, 5.41) is 3.91. The van der Waals surface area contributed by atoms with Crippen LogP contribution in [0.15, 0.2) is 48.8 Å². The van der Waals surface area contributed by atoms with Crippen LogP contribution in [0.2, 0.25) is 5.02 Å². The molecule has 1 saturated carbocycles. The van der Waals surface area contributed by atoms with Crippen molar-refractivity contribution >= 4 is 17.5 Å². The molecule has 3 rings (SSSR count). The van der Waals surface area contributed by atoms with E-state index in [9.17, 15) is 4.79 Å². The van der Waals surface area contributed by atoms with Crippen LogP contribution in [0.3, 0.4) is 0 Å². The molecular weight excluding hydrogens is 308 g/mol. The van der Waals surface area contributed by atoms with E-state index in [0.29, 0.717) is 17.5 Å². The van der Waals surface area contributed by atoms with Crippen molar-refractivity contribution in [2.45, 2.75) is 44.1 Å². The summed E-state index contributed by atoms with van der Waals surface area (Å²) in [5.41, 5.74) is 2.06. The number of nitrogens with one attached hydrogen (secondary N) is 1. The minimum atomic E-state index is -0.211. The standard InChI is InChI=1S/C19H21ClN2O/c20-16-9-7-15(8-10-16)18(12-14-4-3-11-21-13-14)19(23)22-17-5-1-2-6-17/h3-4,7-11,13,17-18H,1-2,5-6,12H2,(H,22,23). The number of rotatable bonds is 5. The van der Waals surface area contributed by atoms with Crippen LogP contribution in [-0.4, -0.2) is 16.9 Å². The maximum atomic E-state index is 12.8. The van der Waals surface area contributed by atoms with Gasteiger partial charge in [-0.2, -0.15) is 0 Å². The lowest BCUT2D eigenvalue weighted by Gasteiger charge is -2.20. The van der Waals surface area contributed by atoms with Crippen LogP contribution in [0.25, 0.3) is 0 Å². The van der Waals surface area contributed by atoms with Crippen LogP contribution in [0.1, 0.15) is 42.7 Å². The molecule has 1 unspecified atom stereocenters. The average molecular weight is 329 g/mol. The zero-order valence-corrected chi connectivity index (χ0v) is 13.8. The highest BCUT2D eigenvalue weighted by Gasteiger charge is 2.25. The first-order valence-electron chi connectivity index (χ1n) is 8.17. The van der Waals surface area contributed by atoms with Crippen LogP contribution in [0.5, 0.6) is 0 Å². The SMILES string of the molecule is O=C(NC1CCCC1)C(Cc1cccnc1)c1ccc(Cl)cc1. The Bertz CT molecular complexity index is 636. The number of pyridine rings is 1. The lowest BCUT2D eigenvalue weighted by Crippen LogP contribution is -2.37. The molecule has 1 aliphatic rings. The summed E-state index contributed by atoms with van der Waals surface area (Å²) in [6.45, 7) is 0. The minimum Gasteiger partial charge on any atom is -0.353 e. The molecule has 0 aliphatic heterocycles. The maximum absolute atomic E-state index is 12.8. The van der Waals surface area contributed by atoms with Crippen LogP contribution < -0.4 is 5.32 Å². The molecule has 0 bridgehead atoms. The van der Waals surface area contributed by atoms with Gasteiger partial charge in [-0.1, -0.05) is 42.6 Å². The van der Waals surface area contributed by atoms with Gasteiger partial charge in [0.25, 0.3) is 0 Å². The zero-order chi connectivity index (χ0) is 16.1. The predicted octanol–water partition coefficient (Wildman–Crippen LogP) is 4.12. The summed E-state index contributed by atoms with van der Waals surface area (Å²) in [6, 6.07) is 11.8. The van der Waals surface area contributed by atoms with Crippen LogP contribution in [0, 0.1) is 0 Å². The van der Waals surface area contributed by atoms with Gasteiger partial charge < -0.3 is 5.32 Å². The Morgan fingerprint density at radius 1 is 1.22 bits per heavy atom. The van der Waals surface area contributed by atoms with Gasteiger partial charge in [0.05, 0.1) is 5.92 Å². The molecule has 1 N–H and O–H groups in total. The van der Waals surface area contributed by atoms with E-state index < -0.39 is 0 Å². The summed E-state index contributed by atoms with van der Waals surface area (Å²) in [6.07, 6.45) is 8.81. The number of aromatic nitrogens is 1. The van der Waals surface area contributed by atoms with Gasteiger partial charge in [0.2, 0.25) is 5.91 Å². The number of halogens is 1. The Kier molecular flexibility index (Phi) is 5.29. The molecule has 23 heavy (non-hydrogen) atoms. The lowest BCUT2D eigenvalue weighted by molar-refractivity contribution is -0.123.